The lowest BCUT2D eigenvalue weighted by Crippen LogP contribution is -2.48. The maximum atomic E-state index is 11.4. The summed E-state index contributed by atoms with van der Waals surface area (Å²) >= 11 is 6.49. The molecule has 0 saturated heterocycles. The number of carboxylic acids is 1. The highest BCUT2D eigenvalue weighted by atomic mass is 79.9. The molecule has 7 nitrogen and oxygen atoms in total. The zero-order valence-corrected chi connectivity index (χ0v) is 10.9. The first-order chi connectivity index (χ1) is 7.43. The van der Waals surface area contributed by atoms with E-state index in [2.05, 4.69) is 36.8 Å². The molecule has 0 fully saturated rings. The largest absolute Gasteiger partial charge is 0.480 e. The van der Waals surface area contributed by atoms with Crippen LogP contribution in [0.15, 0.2) is 9.59 Å². The summed E-state index contributed by atoms with van der Waals surface area (Å²) in [7, 11) is 0. The third-order valence-corrected chi connectivity index (χ3v) is 5.13. The van der Waals surface area contributed by atoms with E-state index in [9.17, 15) is 14.4 Å². The Morgan fingerprint density at radius 1 is 1.38 bits per heavy atom. The molecule has 9 heteroatoms. The van der Waals surface area contributed by atoms with Crippen LogP contribution in [0.2, 0.25) is 0 Å². The monoisotopic (exact) mass is 355 g/mol. The molecule has 0 aromatic carbocycles. The molecular formula is C7H7Br2N3O4. The van der Waals surface area contributed by atoms with Gasteiger partial charge in [0.25, 0.3) is 0 Å². The topological polar surface area (TPSA) is 97.1 Å². The predicted molar refractivity (Wildman–Crippen MR) is 61.4 cm³/mol. The fourth-order valence-electron chi connectivity index (χ4n) is 1.71. The van der Waals surface area contributed by atoms with E-state index in [4.69, 9.17) is 5.11 Å². The number of H-pyrrole nitrogens is 1. The average molecular weight is 357 g/mol. The summed E-state index contributed by atoms with van der Waals surface area (Å²) in [6.45, 7) is 0.233. The van der Waals surface area contributed by atoms with E-state index >= 15 is 0 Å². The maximum Gasteiger partial charge on any atom is 0.345 e. The maximum absolute atomic E-state index is 11.4. The molecule has 88 valence electrons. The summed E-state index contributed by atoms with van der Waals surface area (Å²) in [4.78, 5) is 35.3. The van der Waals surface area contributed by atoms with Gasteiger partial charge in [-0.3, -0.25) is 4.98 Å². The molecule has 0 spiro atoms. The lowest BCUT2D eigenvalue weighted by atomic mass is 10.1. The summed E-state index contributed by atoms with van der Waals surface area (Å²) in [6, 6.07) is -1.11. The molecule has 0 radical (unpaired) electrons. The Labute approximate surface area is 105 Å². The second-order valence-corrected chi connectivity index (χ2v) is 5.64. The van der Waals surface area contributed by atoms with E-state index in [1.54, 1.807) is 0 Å². The number of hydrogen-bond acceptors (Lipinski definition) is 3. The average Bonchev–Trinajstić information content (AvgIpc) is 2.44. The van der Waals surface area contributed by atoms with E-state index in [1.807, 2.05) is 0 Å². The highest BCUT2D eigenvalue weighted by Gasteiger charge is 2.40. The van der Waals surface area contributed by atoms with E-state index in [0.717, 1.165) is 9.36 Å². The summed E-state index contributed by atoms with van der Waals surface area (Å²) < 4.78 is 2.03. The molecule has 2 heterocycles. The van der Waals surface area contributed by atoms with Crippen LogP contribution in [0.3, 0.4) is 0 Å². The van der Waals surface area contributed by atoms with E-state index in [1.165, 1.54) is 0 Å². The Balaban J connectivity index is 2.69. The van der Waals surface area contributed by atoms with Crippen molar-refractivity contribution in [1.82, 2.24) is 14.3 Å². The van der Waals surface area contributed by atoms with Crippen molar-refractivity contribution in [2.24, 2.45) is 0 Å². The normalized spacial score (nSPS) is 28.8. The molecular weight excluding hydrogens is 350 g/mol. The molecule has 1 aromatic heterocycles. The van der Waals surface area contributed by atoms with Crippen LogP contribution in [0, 0.1) is 0 Å². The van der Waals surface area contributed by atoms with Crippen molar-refractivity contribution >= 4 is 37.8 Å². The first kappa shape index (κ1) is 11.6. The summed E-state index contributed by atoms with van der Waals surface area (Å²) in [5.41, 5.74) is -1.30. The Bertz CT molecular complexity index is 545. The zero-order chi connectivity index (χ0) is 12.0. The molecule has 0 bridgehead atoms. The number of aromatic amines is 1. The highest BCUT2D eigenvalue weighted by molar-refractivity contribution is 9.12. The van der Waals surface area contributed by atoms with Gasteiger partial charge in [0.05, 0.1) is 11.4 Å². The van der Waals surface area contributed by atoms with Crippen molar-refractivity contribution < 1.29 is 9.90 Å². The Morgan fingerprint density at radius 3 is 2.56 bits per heavy atom. The van der Waals surface area contributed by atoms with Crippen LogP contribution in [0.4, 0.5) is 0 Å². The number of fused-ring (bicyclic) bond motifs is 1. The minimum Gasteiger partial charge on any atom is -0.480 e. The van der Waals surface area contributed by atoms with Gasteiger partial charge in [0.1, 0.15) is 0 Å². The standard InChI is InChI=1S/C7H7Br2N3O4/c8-2-1-11-6(15)10-7(16)12(11)4(3(2)9)5(13)14/h2-4H,1H2,(H,13,14)(H,10,15,16). The summed E-state index contributed by atoms with van der Waals surface area (Å²) in [5, 5.41) is 9.07. The van der Waals surface area contributed by atoms with Crippen molar-refractivity contribution in [3.63, 3.8) is 0 Å². The fraction of sp³-hybridized carbons (Fsp3) is 0.571. The number of aliphatic carboxylic acids is 1. The van der Waals surface area contributed by atoms with Gasteiger partial charge in [-0.05, 0) is 0 Å². The van der Waals surface area contributed by atoms with Gasteiger partial charge in [0.2, 0.25) is 0 Å². The third-order valence-electron chi connectivity index (χ3n) is 2.43. The lowest BCUT2D eigenvalue weighted by Gasteiger charge is -2.30. The van der Waals surface area contributed by atoms with Crippen LogP contribution in [0.1, 0.15) is 6.04 Å². The Morgan fingerprint density at radius 2 is 2.00 bits per heavy atom. The van der Waals surface area contributed by atoms with Crippen molar-refractivity contribution in [2.75, 3.05) is 0 Å². The highest BCUT2D eigenvalue weighted by Crippen LogP contribution is 2.29. The van der Waals surface area contributed by atoms with Gasteiger partial charge < -0.3 is 5.11 Å². The van der Waals surface area contributed by atoms with Crippen LogP contribution in [0.5, 0.6) is 0 Å². The van der Waals surface area contributed by atoms with Gasteiger partial charge in [-0.25, -0.2) is 23.7 Å². The molecule has 16 heavy (non-hydrogen) atoms. The number of rotatable bonds is 1. The molecule has 3 atom stereocenters. The minimum absolute atomic E-state index is 0.233. The fourth-order valence-corrected chi connectivity index (χ4v) is 2.89. The number of carboxylic acid groups (broad SMARTS) is 1. The molecule has 3 unspecified atom stereocenters. The predicted octanol–water partition coefficient (Wildman–Crippen LogP) is -0.496. The zero-order valence-electron chi connectivity index (χ0n) is 7.76. The van der Waals surface area contributed by atoms with Crippen LogP contribution in [0.25, 0.3) is 0 Å². The van der Waals surface area contributed by atoms with Crippen molar-refractivity contribution in [1.29, 1.82) is 0 Å². The van der Waals surface area contributed by atoms with Crippen LogP contribution < -0.4 is 11.4 Å². The van der Waals surface area contributed by atoms with Crippen LogP contribution in [-0.2, 0) is 11.3 Å². The lowest BCUT2D eigenvalue weighted by molar-refractivity contribution is -0.142. The third kappa shape index (κ3) is 1.58. The van der Waals surface area contributed by atoms with Crippen molar-refractivity contribution in [3.8, 4) is 0 Å². The van der Waals surface area contributed by atoms with E-state index < -0.39 is 28.2 Å². The van der Waals surface area contributed by atoms with Crippen molar-refractivity contribution in [2.45, 2.75) is 22.2 Å². The number of aromatic nitrogens is 3. The second-order valence-electron chi connectivity index (χ2n) is 3.41. The molecule has 0 aliphatic carbocycles. The van der Waals surface area contributed by atoms with E-state index in [-0.39, 0.29) is 11.4 Å². The van der Waals surface area contributed by atoms with E-state index in [0.29, 0.717) is 0 Å². The minimum atomic E-state index is -1.17. The number of hydrogen-bond donors (Lipinski definition) is 2. The van der Waals surface area contributed by atoms with Crippen LogP contribution in [-0.4, -0.2) is 35.1 Å². The summed E-state index contributed by atoms with van der Waals surface area (Å²) in [6.07, 6.45) is 0. The van der Waals surface area contributed by atoms with Crippen molar-refractivity contribution in [3.05, 3.63) is 21.0 Å². The molecule has 1 aromatic rings. The van der Waals surface area contributed by atoms with Crippen LogP contribution >= 0.6 is 31.9 Å². The smallest absolute Gasteiger partial charge is 0.345 e. The molecule has 1 aliphatic rings. The molecule has 1 aliphatic heterocycles. The van der Waals surface area contributed by atoms with Gasteiger partial charge in [0, 0.05) is 4.83 Å². The molecule has 0 saturated carbocycles. The molecule has 0 amide bonds. The Hall–Kier alpha value is -0.830. The number of carbonyl (C=O) groups is 1. The number of alkyl halides is 2. The summed E-state index contributed by atoms with van der Waals surface area (Å²) in [5.74, 6) is -1.17. The van der Waals surface area contributed by atoms with Gasteiger partial charge in [-0.15, -0.1) is 0 Å². The Kier molecular flexibility index (Phi) is 2.82. The number of nitrogens with one attached hydrogen (secondary N) is 1. The first-order valence-corrected chi connectivity index (χ1v) is 6.19. The van der Waals surface area contributed by atoms with Gasteiger partial charge in [-0.2, -0.15) is 0 Å². The van der Waals surface area contributed by atoms with Gasteiger partial charge in [0.15, 0.2) is 6.04 Å². The van der Waals surface area contributed by atoms with Gasteiger partial charge >= 0.3 is 17.3 Å². The SMILES string of the molecule is O=C(O)C1C(Br)C(Br)Cn2c(=O)[nH]c(=O)n21. The quantitative estimate of drug-likeness (QED) is 0.663. The van der Waals surface area contributed by atoms with Gasteiger partial charge in [-0.1, -0.05) is 31.9 Å². The number of halogens is 2. The second kappa shape index (κ2) is 3.88. The first-order valence-electron chi connectivity index (χ1n) is 4.36. The number of nitrogens with zero attached hydrogens (tertiary/aromatic N) is 2. The molecule has 2 rings (SSSR count). The molecule has 2 N–H and O–H groups in total.